The zero-order valence-corrected chi connectivity index (χ0v) is 17.9. The monoisotopic (exact) mass is 418 g/mol. The number of aromatic nitrogens is 2. The molecule has 0 spiro atoms. The maximum Gasteiger partial charge on any atom is 0.295 e. The van der Waals surface area contributed by atoms with Gasteiger partial charge in [-0.25, -0.2) is 0 Å². The predicted octanol–water partition coefficient (Wildman–Crippen LogP) is 2.95. The molecular weight excluding hydrogens is 392 g/mol. The number of fused-ring (bicyclic) bond motifs is 1. The normalized spacial score (nSPS) is 18.5. The van der Waals surface area contributed by atoms with Gasteiger partial charge in [-0.1, -0.05) is 24.3 Å². The summed E-state index contributed by atoms with van der Waals surface area (Å²) >= 11 is 0. The van der Waals surface area contributed by atoms with Crippen LogP contribution in [0, 0.1) is 0 Å². The molecule has 0 radical (unpaired) electrons. The Bertz CT molecular complexity index is 1160. The third-order valence-corrected chi connectivity index (χ3v) is 5.66. The number of ketones is 1. The van der Waals surface area contributed by atoms with Crippen LogP contribution in [0.3, 0.4) is 0 Å². The molecule has 1 atom stereocenters. The molecule has 0 saturated carbocycles. The minimum atomic E-state index is -0.720. The average molecular weight is 418 g/mol. The van der Waals surface area contributed by atoms with Gasteiger partial charge in [0.2, 0.25) is 0 Å². The number of para-hydroxylation sites is 1. The van der Waals surface area contributed by atoms with Crippen LogP contribution in [0.1, 0.15) is 23.7 Å². The van der Waals surface area contributed by atoms with Crippen LogP contribution in [0.25, 0.3) is 16.7 Å². The molecule has 4 rings (SSSR count). The third kappa shape index (κ3) is 3.72. The predicted molar refractivity (Wildman–Crippen MR) is 119 cm³/mol. The van der Waals surface area contributed by atoms with E-state index in [1.54, 1.807) is 24.5 Å². The molecule has 1 aliphatic heterocycles. The molecule has 1 amide bonds. The van der Waals surface area contributed by atoms with E-state index in [4.69, 9.17) is 0 Å². The number of benzene rings is 1. The zero-order chi connectivity index (χ0) is 22.1. The second-order valence-electron chi connectivity index (χ2n) is 8.07. The number of nitrogens with zero attached hydrogens (tertiary/aromatic N) is 4. The van der Waals surface area contributed by atoms with Crippen LogP contribution in [0.2, 0.25) is 0 Å². The van der Waals surface area contributed by atoms with Crippen LogP contribution in [-0.4, -0.2) is 63.3 Å². The van der Waals surface area contributed by atoms with E-state index in [0.29, 0.717) is 24.2 Å². The molecule has 2 aromatic heterocycles. The summed E-state index contributed by atoms with van der Waals surface area (Å²) in [5, 5.41) is 12.1. The van der Waals surface area contributed by atoms with Gasteiger partial charge in [0.15, 0.2) is 0 Å². The number of carbonyl (C=O) groups is 2. The smallest absolute Gasteiger partial charge is 0.295 e. The first-order valence-corrected chi connectivity index (χ1v) is 10.3. The lowest BCUT2D eigenvalue weighted by Crippen LogP contribution is -2.32. The number of hydrogen-bond acceptors (Lipinski definition) is 5. The van der Waals surface area contributed by atoms with Crippen LogP contribution in [0.5, 0.6) is 0 Å². The molecule has 1 aliphatic rings. The summed E-state index contributed by atoms with van der Waals surface area (Å²) in [6.07, 6.45) is 4.12. The quantitative estimate of drug-likeness (QED) is 0.378. The fourth-order valence-electron chi connectivity index (χ4n) is 4.19. The molecule has 0 aliphatic carbocycles. The van der Waals surface area contributed by atoms with Gasteiger partial charge < -0.3 is 19.5 Å². The number of aryl methyl sites for hydroxylation is 1. The Morgan fingerprint density at radius 3 is 2.58 bits per heavy atom. The summed E-state index contributed by atoms with van der Waals surface area (Å²) in [6, 6.07) is 12.3. The average Bonchev–Trinajstić information content (AvgIpc) is 3.23. The number of aliphatic hydroxyl groups excluding tert-OH is 1. The van der Waals surface area contributed by atoms with Crippen LogP contribution in [0.4, 0.5) is 0 Å². The standard InChI is InChI=1S/C24H26N4O3/c1-26(2)13-8-14-28-21(18-10-6-7-12-25-18)20(23(30)24(28)31)22(29)17-15-27(3)19-11-5-4-9-16(17)19/h4-7,9-12,15,21,29H,8,13-14H2,1-3H3/t21-/m0/s1. The van der Waals surface area contributed by atoms with E-state index in [2.05, 4.69) is 4.98 Å². The van der Waals surface area contributed by atoms with Gasteiger partial charge in [-0.05, 0) is 45.3 Å². The minimum absolute atomic E-state index is 0.0879. The molecule has 31 heavy (non-hydrogen) atoms. The van der Waals surface area contributed by atoms with Gasteiger partial charge in [0.25, 0.3) is 11.7 Å². The second-order valence-corrected chi connectivity index (χ2v) is 8.07. The highest BCUT2D eigenvalue weighted by atomic mass is 16.3. The van der Waals surface area contributed by atoms with Gasteiger partial charge in [0.05, 0.1) is 11.3 Å². The summed E-state index contributed by atoms with van der Waals surface area (Å²) in [5.74, 6) is -1.44. The number of pyridine rings is 1. The Balaban J connectivity index is 1.85. The van der Waals surface area contributed by atoms with Crippen molar-refractivity contribution in [3.05, 3.63) is 71.7 Å². The second kappa shape index (κ2) is 8.35. The van der Waals surface area contributed by atoms with Gasteiger partial charge >= 0.3 is 0 Å². The molecule has 1 saturated heterocycles. The van der Waals surface area contributed by atoms with Crippen LogP contribution >= 0.6 is 0 Å². The summed E-state index contributed by atoms with van der Waals surface area (Å²) in [5.41, 5.74) is 2.11. The number of hydrogen-bond donors (Lipinski definition) is 1. The van der Waals surface area contributed by atoms with Gasteiger partial charge in [0, 0.05) is 42.5 Å². The van der Waals surface area contributed by atoms with E-state index in [1.807, 2.05) is 60.9 Å². The highest BCUT2D eigenvalue weighted by molar-refractivity contribution is 6.46. The SMILES string of the molecule is CN(C)CCCN1C(=O)C(=O)C(=C(O)c2cn(C)c3ccccc23)[C@@H]1c1ccccn1. The lowest BCUT2D eigenvalue weighted by atomic mass is 9.98. The number of amides is 1. The zero-order valence-electron chi connectivity index (χ0n) is 17.9. The van der Waals surface area contributed by atoms with Crippen molar-refractivity contribution in [2.75, 3.05) is 27.2 Å². The fraction of sp³-hybridized carbons (Fsp3) is 0.292. The first-order valence-electron chi connectivity index (χ1n) is 10.3. The topological polar surface area (TPSA) is 78.7 Å². The van der Waals surface area contributed by atoms with Crippen molar-refractivity contribution in [3.8, 4) is 0 Å². The molecule has 3 aromatic rings. The number of carbonyl (C=O) groups excluding carboxylic acids is 2. The number of aliphatic hydroxyl groups is 1. The van der Waals surface area contributed by atoms with Crippen molar-refractivity contribution in [2.45, 2.75) is 12.5 Å². The van der Waals surface area contributed by atoms with Gasteiger partial charge in [0.1, 0.15) is 11.8 Å². The first kappa shape index (κ1) is 20.8. The maximum absolute atomic E-state index is 13.1. The molecule has 7 nitrogen and oxygen atoms in total. The molecule has 1 N–H and O–H groups in total. The van der Waals surface area contributed by atoms with Crippen molar-refractivity contribution in [1.29, 1.82) is 0 Å². The molecule has 1 fully saturated rings. The molecule has 0 unspecified atom stereocenters. The maximum atomic E-state index is 13.1. The Kier molecular flexibility index (Phi) is 5.61. The summed E-state index contributed by atoms with van der Waals surface area (Å²) in [7, 11) is 5.81. The lowest BCUT2D eigenvalue weighted by Gasteiger charge is -2.25. The van der Waals surface area contributed by atoms with Crippen molar-refractivity contribution in [3.63, 3.8) is 0 Å². The minimum Gasteiger partial charge on any atom is -0.507 e. The van der Waals surface area contributed by atoms with Crippen molar-refractivity contribution in [2.24, 2.45) is 7.05 Å². The molecule has 0 bridgehead atoms. The van der Waals surface area contributed by atoms with Crippen LogP contribution in [-0.2, 0) is 16.6 Å². The summed E-state index contributed by atoms with van der Waals surface area (Å²) < 4.78 is 1.90. The largest absolute Gasteiger partial charge is 0.507 e. The Morgan fingerprint density at radius 2 is 1.87 bits per heavy atom. The third-order valence-electron chi connectivity index (χ3n) is 5.66. The van der Waals surface area contributed by atoms with Gasteiger partial charge in [-0.15, -0.1) is 0 Å². The molecule has 7 heteroatoms. The van der Waals surface area contributed by atoms with E-state index in [0.717, 1.165) is 17.4 Å². The molecule has 1 aromatic carbocycles. The van der Waals surface area contributed by atoms with Crippen molar-refractivity contribution in [1.82, 2.24) is 19.4 Å². The Hall–Kier alpha value is -3.45. The van der Waals surface area contributed by atoms with Crippen LogP contribution < -0.4 is 0 Å². The van der Waals surface area contributed by atoms with E-state index >= 15 is 0 Å². The summed E-state index contributed by atoms with van der Waals surface area (Å²) in [4.78, 5) is 34.0. The van der Waals surface area contributed by atoms with E-state index in [1.165, 1.54) is 4.90 Å². The van der Waals surface area contributed by atoms with Gasteiger partial charge in [-0.2, -0.15) is 0 Å². The van der Waals surface area contributed by atoms with E-state index in [-0.39, 0.29) is 11.3 Å². The van der Waals surface area contributed by atoms with Crippen molar-refractivity contribution >= 4 is 28.4 Å². The van der Waals surface area contributed by atoms with Crippen LogP contribution in [0.15, 0.2) is 60.4 Å². The number of likely N-dealkylation sites (tertiary alicyclic amines) is 1. The molecule has 3 heterocycles. The highest BCUT2D eigenvalue weighted by Gasteiger charge is 2.46. The van der Waals surface area contributed by atoms with E-state index in [9.17, 15) is 14.7 Å². The highest BCUT2D eigenvalue weighted by Crippen LogP contribution is 2.40. The first-order chi connectivity index (χ1) is 14.9. The summed E-state index contributed by atoms with van der Waals surface area (Å²) in [6.45, 7) is 1.18. The van der Waals surface area contributed by atoms with Crippen molar-refractivity contribution < 1.29 is 14.7 Å². The lowest BCUT2D eigenvalue weighted by molar-refractivity contribution is -0.140. The van der Waals surface area contributed by atoms with Gasteiger partial charge in [-0.3, -0.25) is 14.6 Å². The number of Topliss-reactive ketones (excluding diaryl/α,β-unsaturated/α-hetero) is 1. The van der Waals surface area contributed by atoms with E-state index < -0.39 is 17.7 Å². The fourth-order valence-corrected chi connectivity index (χ4v) is 4.19. The molecular formula is C24H26N4O3. The molecule has 160 valence electrons. The Morgan fingerprint density at radius 1 is 1.13 bits per heavy atom. The Labute approximate surface area is 181 Å². The number of rotatable bonds is 6.